The molecule has 1 saturated carbocycles. The van der Waals surface area contributed by atoms with Crippen molar-refractivity contribution in [2.75, 3.05) is 19.6 Å². The number of hydrogen-bond donors (Lipinski definition) is 1. The average Bonchev–Trinajstić information content (AvgIpc) is 3.29. The summed E-state index contributed by atoms with van der Waals surface area (Å²) >= 11 is 0. The Bertz CT molecular complexity index is 1450. The first-order valence-electron chi connectivity index (χ1n) is 15.2. The number of rotatable bonds is 8. The number of likely N-dealkylation sites (tertiary alicyclic amines) is 1. The third-order valence-electron chi connectivity index (χ3n) is 9.90. The molecule has 2 heterocycles. The van der Waals surface area contributed by atoms with Gasteiger partial charge in [0.15, 0.2) is 11.5 Å². The molecule has 7 heteroatoms. The van der Waals surface area contributed by atoms with Crippen molar-refractivity contribution in [3.8, 4) is 11.5 Å². The molecule has 1 saturated heterocycles. The number of piperidine rings is 1. The van der Waals surface area contributed by atoms with E-state index in [1.54, 1.807) is 12.1 Å². The summed E-state index contributed by atoms with van der Waals surface area (Å²) in [4.78, 5) is 31.2. The zero-order valence-corrected chi connectivity index (χ0v) is 25.1. The fourth-order valence-electron chi connectivity index (χ4n) is 8.56. The fraction of sp³-hybridized carbons (Fsp3) is 0.486. The second-order valence-corrected chi connectivity index (χ2v) is 12.9. The normalized spacial score (nSPS) is 29.2. The summed E-state index contributed by atoms with van der Waals surface area (Å²) in [6, 6.07) is 11.5. The van der Waals surface area contributed by atoms with E-state index in [1.165, 1.54) is 6.92 Å². The summed E-state index contributed by atoms with van der Waals surface area (Å²) in [6.45, 7) is 13.8. The number of phenolic OH excluding ortho intramolecular Hbond substituents is 1. The molecule has 2 fully saturated rings. The van der Waals surface area contributed by atoms with Gasteiger partial charge in [0.1, 0.15) is 11.7 Å². The standard InChI is InChI=1S/C35H42N2O5/c1-6-17-36-18-16-34-31-26-11-12-28(39)32(31)41-33(34)27(14-15-35(34,29(36)20-26)42-24(5)38)37(21-22(2)3)30(40)13-10-25-9-7-8-23(4)19-25/h6-13,19,22,27,29,33,39H,1,14-18,20-21H2,2-5H3/b13-10+/t27?,29-,33?,34+,35-/m1/s1. The average molecular weight is 571 g/mol. The van der Waals surface area contributed by atoms with Crippen molar-refractivity contribution < 1.29 is 24.2 Å². The minimum atomic E-state index is -0.836. The fourth-order valence-corrected chi connectivity index (χ4v) is 8.56. The third-order valence-corrected chi connectivity index (χ3v) is 9.90. The van der Waals surface area contributed by atoms with Crippen LogP contribution in [-0.2, 0) is 26.2 Å². The van der Waals surface area contributed by atoms with E-state index < -0.39 is 17.1 Å². The second kappa shape index (κ2) is 10.6. The molecule has 4 aliphatic rings. The van der Waals surface area contributed by atoms with Gasteiger partial charge >= 0.3 is 5.97 Å². The molecule has 2 unspecified atom stereocenters. The van der Waals surface area contributed by atoms with Crippen LogP contribution in [0.5, 0.6) is 11.5 Å². The Kier molecular flexibility index (Phi) is 7.20. The van der Waals surface area contributed by atoms with Crippen LogP contribution in [0.25, 0.3) is 6.08 Å². The highest BCUT2D eigenvalue weighted by Crippen LogP contribution is 2.67. The van der Waals surface area contributed by atoms with Gasteiger partial charge in [0.05, 0.1) is 17.5 Å². The van der Waals surface area contributed by atoms with Crippen LogP contribution in [0, 0.1) is 12.8 Å². The Morgan fingerprint density at radius 2 is 2.07 bits per heavy atom. The number of nitrogens with zero attached hydrogens (tertiary/aromatic N) is 2. The van der Waals surface area contributed by atoms with E-state index in [0.29, 0.717) is 44.5 Å². The molecule has 0 radical (unpaired) electrons. The summed E-state index contributed by atoms with van der Waals surface area (Å²) in [5.74, 6) is 0.447. The predicted molar refractivity (Wildman–Crippen MR) is 162 cm³/mol. The molecule has 7 nitrogen and oxygen atoms in total. The smallest absolute Gasteiger partial charge is 0.303 e. The number of carbonyl (C=O) groups excluding carboxylic acids is 2. The maximum absolute atomic E-state index is 14.0. The number of phenols is 1. The molecular formula is C35H42N2O5. The van der Waals surface area contributed by atoms with Crippen molar-refractivity contribution in [1.82, 2.24) is 9.80 Å². The molecular weight excluding hydrogens is 528 g/mol. The molecule has 2 aliphatic heterocycles. The minimum absolute atomic E-state index is 0.0568. The second-order valence-electron chi connectivity index (χ2n) is 12.9. The number of hydrogen-bond acceptors (Lipinski definition) is 6. The Balaban J connectivity index is 1.47. The first-order chi connectivity index (χ1) is 20.1. The third kappa shape index (κ3) is 4.27. The van der Waals surface area contributed by atoms with Crippen LogP contribution in [0.1, 0.15) is 62.3 Å². The monoisotopic (exact) mass is 570 g/mol. The van der Waals surface area contributed by atoms with Crippen LogP contribution < -0.4 is 4.74 Å². The maximum atomic E-state index is 14.0. The van der Waals surface area contributed by atoms with Crippen molar-refractivity contribution in [2.24, 2.45) is 5.92 Å². The van der Waals surface area contributed by atoms with Gasteiger partial charge in [-0.1, -0.05) is 55.8 Å². The quantitative estimate of drug-likeness (QED) is 0.268. The van der Waals surface area contributed by atoms with Gasteiger partial charge < -0.3 is 19.5 Å². The van der Waals surface area contributed by atoms with E-state index in [-0.39, 0.29) is 35.6 Å². The van der Waals surface area contributed by atoms with Crippen LogP contribution >= 0.6 is 0 Å². The van der Waals surface area contributed by atoms with Crippen LogP contribution in [0.15, 0.2) is 55.1 Å². The lowest BCUT2D eigenvalue weighted by Crippen LogP contribution is -2.79. The van der Waals surface area contributed by atoms with Crippen molar-refractivity contribution in [1.29, 1.82) is 0 Å². The molecule has 1 N–H and O–H groups in total. The molecule has 2 aromatic rings. The molecule has 1 spiro atoms. The molecule has 0 aromatic heterocycles. The minimum Gasteiger partial charge on any atom is -0.504 e. The number of ether oxygens (including phenoxy) is 2. The van der Waals surface area contributed by atoms with Crippen LogP contribution in [0.2, 0.25) is 0 Å². The topological polar surface area (TPSA) is 79.3 Å². The summed E-state index contributed by atoms with van der Waals surface area (Å²) in [6.07, 6.45) is 7.62. The van der Waals surface area contributed by atoms with Gasteiger partial charge in [-0.25, -0.2) is 0 Å². The number of benzene rings is 2. The molecule has 5 atom stereocenters. The van der Waals surface area contributed by atoms with Gasteiger partial charge in [0.2, 0.25) is 5.91 Å². The van der Waals surface area contributed by atoms with Crippen molar-refractivity contribution >= 4 is 18.0 Å². The molecule has 2 bridgehead atoms. The van der Waals surface area contributed by atoms with Crippen LogP contribution in [0.4, 0.5) is 0 Å². The highest BCUT2D eigenvalue weighted by molar-refractivity contribution is 5.92. The lowest BCUT2D eigenvalue weighted by molar-refractivity contribution is -0.223. The number of aromatic hydroxyl groups is 1. The number of esters is 1. The van der Waals surface area contributed by atoms with Gasteiger partial charge in [-0.15, -0.1) is 6.58 Å². The van der Waals surface area contributed by atoms with E-state index in [1.807, 2.05) is 48.2 Å². The molecule has 42 heavy (non-hydrogen) atoms. The molecule has 2 aliphatic carbocycles. The Morgan fingerprint density at radius 3 is 2.79 bits per heavy atom. The molecule has 1 amide bonds. The molecule has 222 valence electrons. The largest absolute Gasteiger partial charge is 0.504 e. The summed E-state index contributed by atoms with van der Waals surface area (Å²) < 4.78 is 13.3. The summed E-state index contributed by atoms with van der Waals surface area (Å²) in [5.41, 5.74) is 2.69. The summed E-state index contributed by atoms with van der Waals surface area (Å²) in [7, 11) is 0. The van der Waals surface area contributed by atoms with E-state index in [2.05, 4.69) is 31.4 Å². The van der Waals surface area contributed by atoms with E-state index in [0.717, 1.165) is 28.8 Å². The highest BCUT2D eigenvalue weighted by Gasteiger charge is 2.75. The first-order valence-corrected chi connectivity index (χ1v) is 15.2. The van der Waals surface area contributed by atoms with Gasteiger partial charge in [-0.05, 0) is 61.8 Å². The maximum Gasteiger partial charge on any atom is 0.303 e. The number of aryl methyl sites for hydroxylation is 1. The van der Waals surface area contributed by atoms with E-state index in [9.17, 15) is 14.7 Å². The van der Waals surface area contributed by atoms with Crippen molar-refractivity contribution in [3.63, 3.8) is 0 Å². The van der Waals surface area contributed by atoms with E-state index >= 15 is 0 Å². The zero-order chi connectivity index (χ0) is 29.8. The van der Waals surface area contributed by atoms with Gasteiger partial charge in [-0.3, -0.25) is 14.5 Å². The lowest BCUT2D eigenvalue weighted by atomic mass is 9.48. The lowest BCUT2D eigenvalue weighted by Gasteiger charge is -2.65. The number of carbonyl (C=O) groups is 2. The molecule has 2 aromatic carbocycles. The Morgan fingerprint density at radius 1 is 1.26 bits per heavy atom. The van der Waals surface area contributed by atoms with Crippen LogP contribution in [0.3, 0.4) is 0 Å². The predicted octanol–water partition coefficient (Wildman–Crippen LogP) is 5.18. The van der Waals surface area contributed by atoms with Crippen molar-refractivity contribution in [3.05, 3.63) is 77.4 Å². The first kappa shape index (κ1) is 28.5. The Hall–Kier alpha value is -3.58. The number of amides is 1. The SMILES string of the molecule is C=CCN1CC[C@]23c4c5ccc(O)c4OC2C(N(CC(C)C)C(=O)/C=C/c2cccc(C)c2)CC[C@@]3(OC(C)=O)[C@H]1C5. The zero-order valence-electron chi connectivity index (χ0n) is 25.1. The van der Waals surface area contributed by atoms with E-state index in [4.69, 9.17) is 9.47 Å². The van der Waals surface area contributed by atoms with Crippen molar-refractivity contribution in [2.45, 2.75) is 82.6 Å². The van der Waals surface area contributed by atoms with Gasteiger partial charge in [0, 0.05) is 38.2 Å². The van der Waals surface area contributed by atoms with Gasteiger partial charge in [-0.2, -0.15) is 0 Å². The van der Waals surface area contributed by atoms with Crippen LogP contribution in [-0.4, -0.2) is 70.2 Å². The Labute approximate surface area is 248 Å². The summed E-state index contributed by atoms with van der Waals surface area (Å²) in [5, 5.41) is 11.1. The molecule has 6 rings (SSSR count). The van der Waals surface area contributed by atoms with Gasteiger partial charge in [0.25, 0.3) is 0 Å². The highest BCUT2D eigenvalue weighted by atomic mass is 16.6.